The van der Waals surface area contributed by atoms with Gasteiger partial charge in [0.25, 0.3) is 0 Å². The van der Waals surface area contributed by atoms with Crippen molar-refractivity contribution >= 4 is 44.9 Å². The normalized spacial score (nSPS) is 20.1. The number of nitrogens with zero attached hydrogens (tertiary/aromatic N) is 3. The van der Waals surface area contributed by atoms with Gasteiger partial charge < -0.3 is 0 Å². The van der Waals surface area contributed by atoms with Crippen LogP contribution >= 0.6 is 28.1 Å². The largest absolute Gasteiger partial charge is 0.345 e. The zero-order valence-corrected chi connectivity index (χ0v) is 12.4. The Morgan fingerprint density at radius 1 is 1.37 bits per heavy atom. The van der Waals surface area contributed by atoms with Crippen molar-refractivity contribution in [1.82, 2.24) is 10.0 Å². The molecule has 2 heterocycles. The molecule has 1 aromatic carbocycles. The van der Waals surface area contributed by atoms with Gasteiger partial charge in [-0.1, -0.05) is 28.1 Å². The van der Waals surface area contributed by atoms with Crippen LogP contribution in [0.4, 0.5) is 14.9 Å². The standard InChI is InChI=1S/C12H11BrFN3OS/c13-8-3-4-10(9(14)6-8)16-7-15-5-1-2-11(19)17(15)12(16)18/h3-4,6H,1-2,5,7H2. The fraction of sp³-hybridized carbons (Fsp3) is 0.333. The number of thiocarbonyl (C=S) groups is 1. The second kappa shape index (κ2) is 4.81. The Morgan fingerprint density at radius 2 is 2.16 bits per heavy atom. The summed E-state index contributed by atoms with van der Waals surface area (Å²) in [6.45, 7) is 1.11. The fourth-order valence-corrected chi connectivity index (χ4v) is 3.03. The summed E-state index contributed by atoms with van der Waals surface area (Å²) in [6, 6.07) is 4.40. The highest BCUT2D eigenvalue weighted by Crippen LogP contribution is 2.30. The Morgan fingerprint density at radius 3 is 2.84 bits per heavy atom. The Bertz CT molecular complexity index is 568. The molecule has 0 aliphatic carbocycles. The summed E-state index contributed by atoms with van der Waals surface area (Å²) in [5.41, 5.74) is 0.283. The molecular formula is C12H11BrFN3OS. The highest BCUT2D eigenvalue weighted by atomic mass is 79.9. The fourth-order valence-electron chi connectivity index (χ4n) is 2.36. The first-order valence-electron chi connectivity index (χ1n) is 5.92. The lowest BCUT2D eigenvalue weighted by Crippen LogP contribution is -2.46. The Balaban J connectivity index is 1.94. The molecule has 0 N–H and O–H groups in total. The van der Waals surface area contributed by atoms with Crippen molar-refractivity contribution in [2.75, 3.05) is 18.1 Å². The molecule has 0 spiro atoms. The molecule has 0 unspecified atom stereocenters. The molecule has 3 rings (SSSR count). The van der Waals surface area contributed by atoms with E-state index in [-0.39, 0.29) is 11.7 Å². The van der Waals surface area contributed by atoms with Crippen LogP contribution in [-0.4, -0.2) is 34.3 Å². The van der Waals surface area contributed by atoms with E-state index in [1.165, 1.54) is 16.0 Å². The lowest BCUT2D eigenvalue weighted by Gasteiger charge is -2.30. The van der Waals surface area contributed by atoms with Crippen LogP contribution in [0.5, 0.6) is 0 Å². The van der Waals surface area contributed by atoms with Gasteiger partial charge in [0.1, 0.15) is 10.8 Å². The molecule has 0 atom stereocenters. The number of hydrogen-bond donors (Lipinski definition) is 0. The summed E-state index contributed by atoms with van der Waals surface area (Å²) in [4.78, 5) is 14.4. The number of rotatable bonds is 1. The number of hydrazine groups is 1. The molecule has 1 aromatic rings. The summed E-state index contributed by atoms with van der Waals surface area (Å²) in [6.07, 6.45) is 1.66. The second-order valence-corrected chi connectivity index (χ2v) is 5.87. The van der Waals surface area contributed by atoms with Gasteiger partial charge in [0.05, 0.1) is 12.4 Å². The lowest BCUT2D eigenvalue weighted by molar-refractivity contribution is 0.105. The van der Waals surface area contributed by atoms with E-state index in [9.17, 15) is 9.18 Å². The van der Waals surface area contributed by atoms with Gasteiger partial charge in [-0.3, -0.25) is 4.90 Å². The summed E-state index contributed by atoms with van der Waals surface area (Å²) >= 11 is 8.42. The number of hydrogen-bond acceptors (Lipinski definition) is 3. The summed E-state index contributed by atoms with van der Waals surface area (Å²) in [7, 11) is 0. The van der Waals surface area contributed by atoms with Gasteiger partial charge in [-0.15, -0.1) is 0 Å². The average molecular weight is 344 g/mol. The first-order valence-corrected chi connectivity index (χ1v) is 7.12. The second-order valence-electron chi connectivity index (χ2n) is 4.49. The topological polar surface area (TPSA) is 26.8 Å². The van der Waals surface area contributed by atoms with Crippen LogP contribution in [-0.2, 0) is 0 Å². The smallest absolute Gasteiger partial charge is 0.275 e. The van der Waals surface area contributed by atoms with Gasteiger partial charge in [0.15, 0.2) is 0 Å². The molecule has 2 saturated heterocycles. The number of urea groups is 1. The van der Waals surface area contributed by atoms with Gasteiger partial charge in [-0.2, -0.15) is 5.01 Å². The van der Waals surface area contributed by atoms with Crippen LogP contribution in [0.25, 0.3) is 0 Å². The summed E-state index contributed by atoms with van der Waals surface area (Å²) in [5, 5.41) is 3.34. The molecule has 0 radical (unpaired) electrons. The van der Waals surface area contributed by atoms with Gasteiger partial charge in [-0.05, 0) is 24.6 Å². The SMILES string of the molecule is O=C1N(c2ccc(Br)cc2F)CN2CCCC(=S)N12. The number of halogens is 2. The molecule has 2 fully saturated rings. The van der Waals surface area contributed by atoms with Crippen LogP contribution in [0.15, 0.2) is 22.7 Å². The Hall–Kier alpha value is -1.05. The maximum atomic E-state index is 14.0. The predicted octanol–water partition coefficient (Wildman–Crippen LogP) is 3.13. The molecule has 2 aliphatic heterocycles. The monoisotopic (exact) mass is 343 g/mol. The number of anilines is 1. The van der Waals surface area contributed by atoms with E-state index in [2.05, 4.69) is 15.9 Å². The minimum Gasteiger partial charge on any atom is -0.275 e. The van der Waals surface area contributed by atoms with Crippen LogP contribution in [0.1, 0.15) is 12.8 Å². The minimum atomic E-state index is -0.422. The third-order valence-electron chi connectivity index (χ3n) is 3.24. The Labute approximate surface area is 123 Å². The maximum absolute atomic E-state index is 14.0. The van der Waals surface area contributed by atoms with E-state index in [0.29, 0.717) is 16.1 Å². The number of carbonyl (C=O) groups is 1. The Kier molecular flexibility index (Phi) is 3.28. The highest BCUT2D eigenvalue weighted by Gasteiger charge is 2.41. The molecule has 4 nitrogen and oxygen atoms in total. The quantitative estimate of drug-likeness (QED) is 0.733. The van der Waals surface area contributed by atoms with Crippen molar-refractivity contribution < 1.29 is 9.18 Å². The molecule has 0 bridgehead atoms. The zero-order chi connectivity index (χ0) is 13.6. The third kappa shape index (κ3) is 2.15. The highest BCUT2D eigenvalue weighted by molar-refractivity contribution is 9.10. The molecule has 0 saturated carbocycles. The summed E-state index contributed by atoms with van der Waals surface area (Å²) in [5.74, 6) is -0.422. The van der Waals surface area contributed by atoms with Crippen LogP contribution in [0.3, 0.4) is 0 Å². The van der Waals surface area contributed by atoms with Crippen molar-refractivity contribution in [3.05, 3.63) is 28.5 Å². The third-order valence-corrected chi connectivity index (χ3v) is 4.11. The van der Waals surface area contributed by atoms with Crippen LogP contribution in [0.2, 0.25) is 0 Å². The predicted molar refractivity (Wildman–Crippen MR) is 77.2 cm³/mol. The van der Waals surface area contributed by atoms with Crippen molar-refractivity contribution in [2.24, 2.45) is 0 Å². The van der Waals surface area contributed by atoms with Gasteiger partial charge in [0, 0.05) is 17.4 Å². The van der Waals surface area contributed by atoms with Gasteiger partial charge in [0.2, 0.25) is 0 Å². The van der Waals surface area contributed by atoms with E-state index in [1.54, 1.807) is 12.1 Å². The zero-order valence-electron chi connectivity index (χ0n) is 9.97. The van der Waals surface area contributed by atoms with E-state index < -0.39 is 5.82 Å². The van der Waals surface area contributed by atoms with Crippen molar-refractivity contribution in [1.29, 1.82) is 0 Å². The molecule has 7 heteroatoms. The summed E-state index contributed by atoms with van der Waals surface area (Å²) < 4.78 is 14.6. The average Bonchev–Trinajstić information content (AvgIpc) is 2.68. The van der Waals surface area contributed by atoms with Crippen LogP contribution in [0, 0.1) is 5.82 Å². The molecule has 2 amide bonds. The first-order chi connectivity index (χ1) is 9.08. The van der Waals surface area contributed by atoms with Crippen LogP contribution < -0.4 is 4.90 Å². The first kappa shape index (κ1) is 13.0. The number of benzene rings is 1. The molecule has 0 aromatic heterocycles. The van der Waals surface area contributed by atoms with Crippen molar-refractivity contribution in [3.8, 4) is 0 Å². The molecule has 100 valence electrons. The number of amides is 2. The van der Waals surface area contributed by atoms with E-state index in [1.807, 2.05) is 5.01 Å². The van der Waals surface area contributed by atoms with Crippen molar-refractivity contribution in [3.63, 3.8) is 0 Å². The number of fused-ring (bicyclic) bond motifs is 1. The van der Waals surface area contributed by atoms with E-state index in [4.69, 9.17) is 12.2 Å². The van der Waals surface area contributed by atoms with Gasteiger partial charge >= 0.3 is 6.03 Å². The van der Waals surface area contributed by atoms with E-state index >= 15 is 0 Å². The minimum absolute atomic E-state index is 0.272. The number of carbonyl (C=O) groups excluding carboxylic acids is 1. The van der Waals surface area contributed by atoms with Crippen molar-refractivity contribution in [2.45, 2.75) is 12.8 Å². The van der Waals surface area contributed by atoms with E-state index in [0.717, 1.165) is 19.4 Å². The molecular weight excluding hydrogens is 333 g/mol. The molecule has 19 heavy (non-hydrogen) atoms. The molecule has 2 aliphatic rings. The van der Waals surface area contributed by atoms with Gasteiger partial charge in [-0.25, -0.2) is 14.2 Å². The maximum Gasteiger partial charge on any atom is 0.345 e. The lowest BCUT2D eigenvalue weighted by atomic mass is 10.2.